The lowest BCUT2D eigenvalue weighted by atomic mass is 10.2. The highest BCUT2D eigenvalue weighted by molar-refractivity contribution is 5.89. The number of ether oxygens (including phenoxy) is 1. The van der Waals surface area contributed by atoms with Crippen LogP contribution in [0.5, 0.6) is 0 Å². The Bertz CT molecular complexity index is 1000. The molecular weight excluding hydrogens is 371 g/mol. The number of cyclic esters (lactones) is 1. The number of amides is 1. The molecule has 0 spiro atoms. The number of anilines is 1. The highest BCUT2D eigenvalue weighted by Crippen LogP contribution is 2.26. The SMILES string of the molecule is NC[C@H]1CN(c2ccc(-n3cc(-c4noc(CCO)n4)cn3)c(F)c2)C(=O)O1. The van der Waals surface area contributed by atoms with Crippen LogP contribution in [0.4, 0.5) is 14.9 Å². The maximum Gasteiger partial charge on any atom is 0.414 e. The first-order chi connectivity index (χ1) is 13.6. The third kappa shape index (κ3) is 3.32. The van der Waals surface area contributed by atoms with Gasteiger partial charge >= 0.3 is 6.09 Å². The second-order valence-electron chi connectivity index (χ2n) is 6.15. The zero-order valence-electron chi connectivity index (χ0n) is 14.7. The normalized spacial score (nSPS) is 16.6. The minimum absolute atomic E-state index is 0.102. The minimum Gasteiger partial charge on any atom is -0.443 e. The summed E-state index contributed by atoms with van der Waals surface area (Å²) in [5, 5.41) is 16.8. The fourth-order valence-electron chi connectivity index (χ4n) is 2.84. The topological polar surface area (TPSA) is 133 Å². The molecule has 1 aliphatic heterocycles. The Hall–Kier alpha value is -3.31. The van der Waals surface area contributed by atoms with Crippen molar-refractivity contribution in [2.75, 3.05) is 24.6 Å². The summed E-state index contributed by atoms with van der Waals surface area (Å²) in [7, 11) is 0. The van der Waals surface area contributed by atoms with Gasteiger partial charge in [-0.15, -0.1) is 0 Å². The van der Waals surface area contributed by atoms with E-state index in [1.54, 1.807) is 12.3 Å². The first-order valence-electron chi connectivity index (χ1n) is 8.55. The van der Waals surface area contributed by atoms with Gasteiger partial charge in [0.2, 0.25) is 11.7 Å². The van der Waals surface area contributed by atoms with Crippen LogP contribution in [-0.2, 0) is 11.2 Å². The van der Waals surface area contributed by atoms with Gasteiger partial charge in [0.1, 0.15) is 11.8 Å². The van der Waals surface area contributed by atoms with E-state index in [1.807, 2.05) is 0 Å². The van der Waals surface area contributed by atoms with Gasteiger partial charge in [-0.2, -0.15) is 10.1 Å². The summed E-state index contributed by atoms with van der Waals surface area (Å²) in [6, 6.07) is 4.36. The summed E-state index contributed by atoms with van der Waals surface area (Å²) >= 11 is 0. The van der Waals surface area contributed by atoms with E-state index in [0.29, 0.717) is 23.0 Å². The van der Waals surface area contributed by atoms with Crippen LogP contribution >= 0.6 is 0 Å². The van der Waals surface area contributed by atoms with Crippen molar-refractivity contribution >= 4 is 11.8 Å². The van der Waals surface area contributed by atoms with E-state index >= 15 is 0 Å². The fourth-order valence-corrected chi connectivity index (χ4v) is 2.84. The summed E-state index contributed by atoms with van der Waals surface area (Å²) in [4.78, 5) is 17.4. The summed E-state index contributed by atoms with van der Waals surface area (Å²) in [6.07, 6.45) is 2.32. The number of hydrogen-bond acceptors (Lipinski definition) is 8. The number of nitrogens with zero attached hydrogens (tertiary/aromatic N) is 5. The van der Waals surface area contributed by atoms with E-state index in [1.165, 1.54) is 27.9 Å². The Morgan fingerprint density at radius 3 is 2.96 bits per heavy atom. The van der Waals surface area contributed by atoms with E-state index in [2.05, 4.69) is 15.2 Å². The molecule has 146 valence electrons. The molecule has 0 saturated carbocycles. The van der Waals surface area contributed by atoms with Crippen LogP contribution in [0.1, 0.15) is 5.89 Å². The number of aromatic nitrogens is 4. The van der Waals surface area contributed by atoms with Crippen molar-refractivity contribution in [1.82, 2.24) is 19.9 Å². The number of nitrogens with two attached hydrogens (primary N) is 1. The summed E-state index contributed by atoms with van der Waals surface area (Å²) in [5.41, 5.74) is 6.62. The molecule has 2 aromatic heterocycles. The third-order valence-corrected chi connectivity index (χ3v) is 4.26. The van der Waals surface area contributed by atoms with Gasteiger partial charge in [0.25, 0.3) is 0 Å². The number of carbonyl (C=O) groups excluding carboxylic acids is 1. The van der Waals surface area contributed by atoms with Crippen LogP contribution in [0.2, 0.25) is 0 Å². The Balaban J connectivity index is 1.57. The van der Waals surface area contributed by atoms with Crippen LogP contribution < -0.4 is 10.6 Å². The lowest BCUT2D eigenvalue weighted by molar-refractivity contribution is 0.145. The highest BCUT2D eigenvalue weighted by Gasteiger charge is 2.31. The Morgan fingerprint density at radius 1 is 1.39 bits per heavy atom. The largest absolute Gasteiger partial charge is 0.443 e. The molecule has 3 N–H and O–H groups in total. The number of carbonyl (C=O) groups is 1. The number of hydrogen-bond donors (Lipinski definition) is 2. The zero-order chi connectivity index (χ0) is 19.7. The number of aliphatic hydroxyl groups is 1. The lowest BCUT2D eigenvalue weighted by Crippen LogP contribution is -2.27. The van der Waals surface area contributed by atoms with Crippen molar-refractivity contribution in [1.29, 1.82) is 0 Å². The first-order valence-corrected chi connectivity index (χ1v) is 8.55. The van der Waals surface area contributed by atoms with Crippen LogP contribution in [0.3, 0.4) is 0 Å². The average molecular weight is 388 g/mol. The maximum atomic E-state index is 14.7. The molecule has 4 rings (SSSR count). The molecule has 1 fully saturated rings. The van der Waals surface area contributed by atoms with Gasteiger partial charge < -0.3 is 20.1 Å². The predicted octanol–water partition coefficient (Wildman–Crippen LogP) is 0.880. The molecule has 1 saturated heterocycles. The molecule has 11 heteroatoms. The molecule has 10 nitrogen and oxygen atoms in total. The standard InChI is InChI=1S/C17H17FN6O4/c18-13-5-11(23-9-12(6-19)27-17(23)26)1-2-14(13)24-8-10(7-20-24)16-21-15(3-4-25)28-22-16/h1-2,5,7-8,12,25H,3-4,6,9,19H2/t12-/m0/s1. The first kappa shape index (κ1) is 18.1. The molecule has 0 bridgehead atoms. The summed E-state index contributed by atoms with van der Waals surface area (Å²) in [5.74, 6) is 0.0265. The van der Waals surface area contributed by atoms with Crippen molar-refractivity contribution in [3.8, 4) is 17.1 Å². The maximum absolute atomic E-state index is 14.7. The Labute approximate surface area is 158 Å². The van der Waals surface area contributed by atoms with E-state index in [4.69, 9.17) is 20.1 Å². The Morgan fingerprint density at radius 2 is 2.25 bits per heavy atom. The quantitative estimate of drug-likeness (QED) is 0.636. The average Bonchev–Trinajstić information content (AvgIpc) is 3.41. The molecular formula is C17H17FN6O4. The van der Waals surface area contributed by atoms with Crippen LogP contribution in [0, 0.1) is 5.82 Å². The lowest BCUT2D eigenvalue weighted by Gasteiger charge is -2.14. The smallest absolute Gasteiger partial charge is 0.414 e. The highest BCUT2D eigenvalue weighted by atomic mass is 19.1. The van der Waals surface area contributed by atoms with Gasteiger partial charge in [-0.1, -0.05) is 5.16 Å². The van der Waals surface area contributed by atoms with E-state index in [9.17, 15) is 9.18 Å². The van der Waals surface area contributed by atoms with Gasteiger partial charge in [-0.25, -0.2) is 13.9 Å². The molecule has 1 amide bonds. The molecule has 3 heterocycles. The number of rotatable bonds is 6. The Kier molecular flexibility index (Phi) is 4.75. The molecule has 0 unspecified atom stereocenters. The molecule has 0 aliphatic carbocycles. The molecule has 28 heavy (non-hydrogen) atoms. The second-order valence-corrected chi connectivity index (χ2v) is 6.15. The molecule has 1 atom stereocenters. The van der Waals surface area contributed by atoms with Crippen molar-refractivity contribution in [2.24, 2.45) is 5.73 Å². The van der Waals surface area contributed by atoms with Gasteiger partial charge in [0.15, 0.2) is 5.82 Å². The van der Waals surface area contributed by atoms with Gasteiger partial charge in [0, 0.05) is 12.7 Å². The van der Waals surface area contributed by atoms with Gasteiger partial charge in [0.05, 0.1) is 37.0 Å². The third-order valence-electron chi connectivity index (χ3n) is 4.26. The van der Waals surface area contributed by atoms with E-state index in [-0.39, 0.29) is 31.8 Å². The van der Waals surface area contributed by atoms with Crippen molar-refractivity contribution in [3.05, 3.63) is 42.3 Å². The monoisotopic (exact) mass is 388 g/mol. The van der Waals surface area contributed by atoms with Crippen molar-refractivity contribution in [3.63, 3.8) is 0 Å². The number of halogens is 1. The summed E-state index contributed by atoms with van der Waals surface area (Å²) < 4.78 is 26.1. The predicted molar refractivity (Wildman–Crippen MR) is 94.3 cm³/mol. The molecule has 1 aromatic carbocycles. The van der Waals surface area contributed by atoms with E-state index in [0.717, 1.165) is 0 Å². The van der Waals surface area contributed by atoms with E-state index < -0.39 is 18.0 Å². The van der Waals surface area contributed by atoms with Gasteiger partial charge in [-0.05, 0) is 18.2 Å². The number of benzene rings is 1. The second kappa shape index (κ2) is 7.37. The molecule has 0 radical (unpaired) electrons. The van der Waals surface area contributed by atoms with Crippen LogP contribution in [0.25, 0.3) is 17.1 Å². The number of aliphatic hydroxyl groups excluding tert-OH is 1. The van der Waals surface area contributed by atoms with Crippen molar-refractivity contribution in [2.45, 2.75) is 12.5 Å². The minimum atomic E-state index is -0.565. The van der Waals surface area contributed by atoms with Gasteiger partial charge in [-0.3, -0.25) is 4.90 Å². The van der Waals surface area contributed by atoms with Crippen LogP contribution in [-0.4, -0.2) is 56.9 Å². The van der Waals surface area contributed by atoms with Crippen LogP contribution in [0.15, 0.2) is 35.1 Å². The molecule has 1 aliphatic rings. The summed E-state index contributed by atoms with van der Waals surface area (Å²) in [6.45, 7) is 0.373. The molecule has 3 aromatic rings. The van der Waals surface area contributed by atoms with Crippen molar-refractivity contribution < 1.29 is 23.6 Å². The zero-order valence-corrected chi connectivity index (χ0v) is 14.7. The fraction of sp³-hybridized carbons (Fsp3) is 0.294.